The number of carbonyl (C=O) groups is 1. The van der Waals surface area contributed by atoms with E-state index >= 15 is 0 Å². The van der Waals surface area contributed by atoms with E-state index in [9.17, 15) is 13.2 Å². The third kappa shape index (κ3) is 3.84. The predicted octanol–water partition coefficient (Wildman–Crippen LogP) is 0.323. The van der Waals surface area contributed by atoms with Gasteiger partial charge < -0.3 is 5.11 Å². The highest BCUT2D eigenvalue weighted by molar-refractivity contribution is 7.98. The van der Waals surface area contributed by atoms with Crippen LogP contribution in [0.15, 0.2) is 0 Å². The highest BCUT2D eigenvalue weighted by atomic mass is 32.2. The van der Waals surface area contributed by atoms with Crippen LogP contribution in [-0.4, -0.2) is 66.8 Å². The first-order chi connectivity index (χ1) is 8.39. The molecular formula is C10H20N2O4S2. The van der Waals surface area contributed by atoms with E-state index in [-0.39, 0.29) is 0 Å². The zero-order valence-electron chi connectivity index (χ0n) is 10.7. The van der Waals surface area contributed by atoms with Crippen molar-refractivity contribution in [3.8, 4) is 0 Å². The van der Waals surface area contributed by atoms with Crippen molar-refractivity contribution in [2.75, 3.05) is 38.7 Å². The van der Waals surface area contributed by atoms with Crippen molar-refractivity contribution in [1.82, 2.24) is 8.61 Å². The summed E-state index contributed by atoms with van der Waals surface area (Å²) in [5.74, 6) is -0.489. The first-order valence-corrected chi connectivity index (χ1v) is 8.62. The molecule has 18 heavy (non-hydrogen) atoms. The van der Waals surface area contributed by atoms with Gasteiger partial charge >= 0.3 is 5.97 Å². The minimum absolute atomic E-state index is 0.295. The molecule has 0 radical (unpaired) electrons. The Kier molecular flexibility index (Phi) is 5.90. The van der Waals surface area contributed by atoms with E-state index in [0.29, 0.717) is 32.5 Å². The van der Waals surface area contributed by atoms with Gasteiger partial charge in [0.25, 0.3) is 10.2 Å². The fourth-order valence-electron chi connectivity index (χ4n) is 1.87. The van der Waals surface area contributed by atoms with Crippen molar-refractivity contribution >= 4 is 27.9 Å². The maximum atomic E-state index is 12.2. The fourth-order valence-corrected chi connectivity index (χ4v) is 3.83. The second kappa shape index (κ2) is 6.74. The average molecular weight is 296 g/mol. The number of carboxylic acids is 1. The van der Waals surface area contributed by atoms with Crippen LogP contribution in [-0.2, 0) is 15.0 Å². The zero-order valence-corrected chi connectivity index (χ0v) is 12.3. The van der Waals surface area contributed by atoms with Crippen molar-refractivity contribution in [2.45, 2.75) is 12.8 Å². The van der Waals surface area contributed by atoms with Crippen molar-refractivity contribution in [3.63, 3.8) is 0 Å². The summed E-state index contributed by atoms with van der Waals surface area (Å²) in [7, 11) is -1.86. The molecule has 6 nitrogen and oxygen atoms in total. The van der Waals surface area contributed by atoms with Crippen LogP contribution in [0.1, 0.15) is 12.8 Å². The molecule has 1 heterocycles. The summed E-state index contributed by atoms with van der Waals surface area (Å²) >= 11 is 1.59. The molecule has 1 saturated heterocycles. The Morgan fingerprint density at radius 2 is 2.00 bits per heavy atom. The van der Waals surface area contributed by atoms with Crippen LogP contribution in [0.25, 0.3) is 0 Å². The monoisotopic (exact) mass is 296 g/mol. The third-order valence-electron chi connectivity index (χ3n) is 3.13. The van der Waals surface area contributed by atoms with Gasteiger partial charge in [0.15, 0.2) is 0 Å². The van der Waals surface area contributed by atoms with E-state index < -0.39 is 22.1 Å². The van der Waals surface area contributed by atoms with E-state index in [1.807, 2.05) is 6.26 Å². The second-order valence-corrected chi connectivity index (χ2v) is 7.35. The Morgan fingerprint density at radius 1 is 1.44 bits per heavy atom. The van der Waals surface area contributed by atoms with E-state index in [4.69, 9.17) is 5.11 Å². The van der Waals surface area contributed by atoms with Crippen molar-refractivity contribution < 1.29 is 18.3 Å². The first-order valence-electron chi connectivity index (χ1n) is 5.82. The lowest BCUT2D eigenvalue weighted by Crippen LogP contribution is -2.47. The molecule has 1 aliphatic heterocycles. The lowest BCUT2D eigenvalue weighted by molar-refractivity contribution is -0.142. The molecule has 0 aliphatic carbocycles. The Balaban J connectivity index is 2.57. The number of nitrogens with zero attached hydrogens (tertiary/aromatic N) is 2. The molecular weight excluding hydrogens is 276 g/mol. The number of piperidine rings is 1. The highest BCUT2D eigenvalue weighted by Crippen LogP contribution is 2.21. The van der Waals surface area contributed by atoms with Gasteiger partial charge in [0, 0.05) is 32.4 Å². The summed E-state index contributed by atoms with van der Waals surface area (Å²) in [6, 6.07) is 0. The summed E-state index contributed by atoms with van der Waals surface area (Å²) < 4.78 is 27.0. The van der Waals surface area contributed by atoms with Crippen LogP contribution in [0.4, 0.5) is 0 Å². The van der Waals surface area contributed by atoms with Crippen LogP contribution in [0.2, 0.25) is 0 Å². The average Bonchev–Trinajstić information content (AvgIpc) is 2.35. The number of thioether (sulfide) groups is 1. The first kappa shape index (κ1) is 15.7. The van der Waals surface area contributed by atoms with Crippen LogP contribution >= 0.6 is 11.8 Å². The summed E-state index contributed by atoms with van der Waals surface area (Å²) in [6.07, 6.45) is 2.72. The Morgan fingerprint density at radius 3 is 2.44 bits per heavy atom. The minimum Gasteiger partial charge on any atom is -0.481 e. The van der Waals surface area contributed by atoms with E-state index in [1.54, 1.807) is 18.8 Å². The number of carboxylic acid groups (broad SMARTS) is 1. The Labute approximate surface area is 113 Å². The lowest BCUT2D eigenvalue weighted by Gasteiger charge is -2.32. The predicted molar refractivity (Wildman–Crippen MR) is 71.9 cm³/mol. The van der Waals surface area contributed by atoms with E-state index in [0.717, 1.165) is 5.75 Å². The van der Waals surface area contributed by atoms with Gasteiger partial charge in [-0.3, -0.25) is 4.79 Å². The Bertz CT molecular complexity index is 377. The molecule has 0 atom stereocenters. The smallest absolute Gasteiger partial charge is 0.306 e. The molecule has 1 aliphatic rings. The van der Waals surface area contributed by atoms with Gasteiger partial charge in [-0.1, -0.05) is 0 Å². The molecule has 8 heteroatoms. The molecule has 0 amide bonds. The molecule has 0 aromatic heterocycles. The summed E-state index contributed by atoms with van der Waals surface area (Å²) in [5.41, 5.74) is 0. The van der Waals surface area contributed by atoms with Crippen molar-refractivity contribution in [2.24, 2.45) is 5.92 Å². The van der Waals surface area contributed by atoms with Gasteiger partial charge in [0.2, 0.25) is 0 Å². The third-order valence-corrected chi connectivity index (χ3v) is 5.71. The molecule has 0 spiro atoms. The van der Waals surface area contributed by atoms with Crippen molar-refractivity contribution in [1.29, 1.82) is 0 Å². The fraction of sp³-hybridized carbons (Fsp3) is 0.900. The maximum Gasteiger partial charge on any atom is 0.306 e. The lowest BCUT2D eigenvalue weighted by atomic mass is 9.99. The SMILES string of the molecule is CSCCN(C)S(=O)(=O)N1CCC(C(=O)O)CC1. The summed E-state index contributed by atoms with van der Waals surface area (Å²) in [5, 5.41) is 8.87. The number of rotatable bonds is 6. The van der Waals surface area contributed by atoms with Crippen molar-refractivity contribution in [3.05, 3.63) is 0 Å². The maximum absolute atomic E-state index is 12.2. The van der Waals surface area contributed by atoms with Crippen LogP contribution in [0, 0.1) is 5.92 Å². The van der Waals surface area contributed by atoms with Gasteiger partial charge in [0.1, 0.15) is 0 Å². The quantitative estimate of drug-likeness (QED) is 0.764. The number of aliphatic carboxylic acids is 1. The van der Waals surface area contributed by atoms with Gasteiger partial charge in [-0.05, 0) is 19.1 Å². The standard InChI is InChI=1S/C10H20N2O4S2/c1-11(7-8-17-2)18(15,16)12-5-3-9(4-6-12)10(13)14/h9H,3-8H2,1-2H3,(H,13,14). The molecule has 0 aromatic carbocycles. The molecule has 106 valence electrons. The van der Waals surface area contributed by atoms with Gasteiger partial charge in [-0.2, -0.15) is 28.8 Å². The molecule has 0 bridgehead atoms. The second-order valence-electron chi connectivity index (χ2n) is 4.33. The molecule has 1 N–H and O–H groups in total. The summed E-state index contributed by atoms with van der Waals surface area (Å²) in [4.78, 5) is 10.8. The topological polar surface area (TPSA) is 77.9 Å². The normalized spacial score (nSPS) is 19.3. The molecule has 0 saturated carbocycles. The molecule has 1 rings (SSSR count). The highest BCUT2D eigenvalue weighted by Gasteiger charge is 2.32. The summed E-state index contributed by atoms with van der Waals surface area (Å²) in [6.45, 7) is 1.06. The minimum atomic E-state index is -3.42. The molecule has 0 aromatic rings. The van der Waals surface area contributed by atoms with Crippen LogP contribution in [0.5, 0.6) is 0 Å². The largest absolute Gasteiger partial charge is 0.481 e. The zero-order chi connectivity index (χ0) is 13.8. The van der Waals surface area contributed by atoms with Gasteiger partial charge in [-0.25, -0.2) is 0 Å². The van der Waals surface area contributed by atoms with Crippen LogP contribution < -0.4 is 0 Å². The van der Waals surface area contributed by atoms with E-state index in [1.165, 1.54) is 8.61 Å². The van der Waals surface area contributed by atoms with E-state index in [2.05, 4.69) is 0 Å². The van der Waals surface area contributed by atoms with Gasteiger partial charge in [-0.15, -0.1) is 0 Å². The molecule has 1 fully saturated rings. The number of hydrogen-bond acceptors (Lipinski definition) is 4. The number of hydrogen-bond donors (Lipinski definition) is 1. The molecule has 0 unspecified atom stereocenters. The van der Waals surface area contributed by atoms with Crippen LogP contribution in [0.3, 0.4) is 0 Å². The van der Waals surface area contributed by atoms with Gasteiger partial charge in [0.05, 0.1) is 5.92 Å². The Hall–Kier alpha value is -0.310.